The summed E-state index contributed by atoms with van der Waals surface area (Å²) < 4.78 is 5.43. The van der Waals surface area contributed by atoms with Crippen LogP contribution in [0.3, 0.4) is 0 Å². The van der Waals surface area contributed by atoms with Crippen LogP contribution in [-0.2, 0) is 14.3 Å². The highest BCUT2D eigenvalue weighted by Crippen LogP contribution is 2.16. The van der Waals surface area contributed by atoms with E-state index in [0.29, 0.717) is 19.4 Å². The summed E-state index contributed by atoms with van der Waals surface area (Å²) in [6.45, 7) is 4.77. The molecule has 0 aliphatic carbocycles. The lowest BCUT2D eigenvalue weighted by atomic mass is 10.0. The molecule has 0 spiro atoms. The monoisotopic (exact) mass is 858 g/mol. The normalized spacial score (nSPS) is 12.9. The van der Waals surface area contributed by atoms with Gasteiger partial charge in [-0.25, -0.2) is 0 Å². The van der Waals surface area contributed by atoms with Crippen molar-refractivity contribution in [2.75, 3.05) is 13.2 Å². The van der Waals surface area contributed by atoms with E-state index in [-0.39, 0.29) is 18.5 Å². The second-order valence-electron chi connectivity index (χ2n) is 18.2. The number of carbonyl (C=O) groups excluding carboxylic acids is 2. The van der Waals surface area contributed by atoms with E-state index in [0.717, 1.165) is 70.6 Å². The molecule has 0 aromatic heterocycles. The van der Waals surface area contributed by atoms with Gasteiger partial charge in [0.15, 0.2) is 0 Å². The van der Waals surface area contributed by atoms with Crippen molar-refractivity contribution in [3.63, 3.8) is 0 Å². The third-order valence-corrected chi connectivity index (χ3v) is 12.1. The van der Waals surface area contributed by atoms with E-state index in [1.807, 2.05) is 6.08 Å². The van der Waals surface area contributed by atoms with E-state index >= 15 is 0 Å². The van der Waals surface area contributed by atoms with Crippen LogP contribution < -0.4 is 5.32 Å². The summed E-state index contributed by atoms with van der Waals surface area (Å²) in [6, 6.07) is -0.650. The fourth-order valence-electron chi connectivity index (χ4n) is 8.02. The van der Waals surface area contributed by atoms with Crippen LogP contribution in [0.1, 0.15) is 277 Å². The zero-order valence-corrected chi connectivity index (χ0v) is 40.6. The van der Waals surface area contributed by atoms with E-state index in [1.165, 1.54) is 180 Å². The van der Waals surface area contributed by atoms with Crippen molar-refractivity contribution in [3.05, 3.63) is 36.5 Å². The van der Waals surface area contributed by atoms with Gasteiger partial charge in [0.2, 0.25) is 5.91 Å². The largest absolute Gasteiger partial charge is 0.466 e. The van der Waals surface area contributed by atoms with Crippen molar-refractivity contribution in [1.82, 2.24) is 5.32 Å². The maximum atomic E-state index is 12.5. The molecule has 0 heterocycles. The topological polar surface area (TPSA) is 95.9 Å². The van der Waals surface area contributed by atoms with Gasteiger partial charge in [-0.3, -0.25) is 9.59 Å². The Morgan fingerprint density at radius 1 is 0.459 bits per heavy atom. The average Bonchev–Trinajstić information content (AvgIpc) is 3.26. The molecule has 0 aromatic carbocycles. The Hall–Kier alpha value is -1.92. The molecule has 6 heteroatoms. The molecule has 2 unspecified atom stereocenters. The highest BCUT2D eigenvalue weighted by atomic mass is 16.5. The molecule has 1 amide bonds. The number of amides is 1. The number of hydrogen-bond acceptors (Lipinski definition) is 5. The van der Waals surface area contributed by atoms with Crippen molar-refractivity contribution in [1.29, 1.82) is 0 Å². The van der Waals surface area contributed by atoms with Crippen LogP contribution in [0.5, 0.6) is 0 Å². The molecule has 0 rings (SSSR count). The predicted molar refractivity (Wildman–Crippen MR) is 264 cm³/mol. The Morgan fingerprint density at radius 3 is 1.31 bits per heavy atom. The van der Waals surface area contributed by atoms with Gasteiger partial charge in [0.05, 0.1) is 25.4 Å². The molecule has 0 saturated heterocycles. The standard InChI is InChI=1S/C55H103NO5/c1-3-5-7-9-11-13-15-17-18-19-20-21-22-23-24-25-27-28-31-35-39-43-47-53(58)52(51-57)56-54(59)48-44-40-36-32-30-34-38-42-46-50-61-55(60)49-45-41-37-33-29-26-16-14-12-10-8-6-4-2/h8,10,14,16,43,47,52-53,57-58H,3-7,9,11-13,15,17-42,44-46,48-51H2,1-2H3,(H,56,59)/b10-8-,16-14-,47-43+. The SMILES string of the molecule is CCC/C=C\C/C=C\CCCCCCCC(=O)OCCCCCCCCCCCC(=O)NC(CO)C(O)/C=C/CCCCCCCCCCCCCCCCCCCCCC. The molecule has 0 aliphatic rings. The van der Waals surface area contributed by atoms with Crippen LogP contribution in [0.15, 0.2) is 36.5 Å². The van der Waals surface area contributed by atoms with Gasteiger partial charge >= 0.3 is 5.97 Å². The van der Waals surface area contributed by atoms with Crippen molar-refractivity contribution >= 4 is 11.9 Å². The number of ether oxygens (including phenoxy) is 1. The molecule has 0 aromatic rings. The maximum absolute atomic E-state index is 12.5. The van der Waals surface area contributed by atoms with Gasteiger partial charge in [0, 0.05) is 12.8 Å². The van der Waals surface area contributed by atoms with Crippen molar-refractivity contribution in [2.24, 2.45) is 0 Å². The van der Waals surface area contributed by atoms with Gasteiger partial charge in [-0.05, 0) is 57.8 Å². The van der Waals surface area contributed by atoms with E-state index in [2.05, 4.69) is 43.5 Å². The number of esters is 1. The van der Waals surface area contributed by atoms with Gasteiger partial charge in [-0.1, -0.05) is 243 Å². The fraction of sp³-hybridized carbons (Fsp3) is 0.855. The molecule has 0 aliphatic heterocycles. The minimum atomic E-state index is -0.864. The Balaban J connectivity index is 3.54. The van der Waals surface area contributed by atoms with Crippen molar-refractivity contribution in [3.8, 4) is 0 Å². The van der Waals surface area contributed by atoms with E-state index in [4.69, 9.17) is 4.74 Å². The summed E-state index contributed by atoms with van der Waals surface area (Å²) in [4.78, 5) is 24.5. The molecule has 0 radical (unpaired) electrons. The maximum Gasteiger partial charge on any atom is 0.305 e. The lowest BCUT2D eigenvalue weighted by Gasteiger charge is -2.20. The van der Waals surface area contributed by atoms with Gasteiger partial charge in [-0.2, -0.15) is 0 Å². The summed E-state index contributed by atoms with van der Waals surface area (Å²) in [6.07, 6.45) is 61.5. The van der Waals surface area contributed by atoms with E-state index < -0.39 is 12.1 Å². The molecular formula is C55H103NO5. The first-order valence-electron chi connectivity index (χ1n) is 26.8. The smallest absolute Gasteiger partial charge is 0.305 e. The second-order valence-corrected chi connectivity index (χ2v) is 18.2. The van der Waals surface area contributed by atoms with Gasteiger partial charge in [-0.15, -0.1) is 0 Å². The highest BCUT2D eigenvalue weighted by Gasteiger charge is 2.18. The lowest BCUT2D eigenvalue weighted by Crippen LogP contribution is -2.45. The molecule has 0 saturated carbocycles. The summed E-state index contributed by atoms with van der Waals surface area (Å²) in [7, 11) is 0. The van der Waals surface area contributed by atoms with Crippen LogP contribution in [0.25, 0.3) is 0 Å². The van der Waals surface area contributed by atoms with Crippen LogP contribution in [0.2, 0.25) is 0 Å². The fourth-order valence-corrected chi connectivity index (χ4v) is 8.02. The number of unbranched alkanes of at least 4 members (excludes halogenated alkanes) is 34. The zero-order valence-electron chi connectivity index (χ0n) is 40.6. The quantitative estimate of drug-likeness (QED) is 0.0322. The number of nitrogens with one attached hydrogen (secondary N) is 1. The third kappa shape index (κ3) is 47.4. The Kier molecular flexibility index (Phi) is 49.1. The number of rotatable bonds is 49. The highest BCUT2D eigenvalue weighted by molar-refractivity contribution is 5.76. The Labute approximate surface area is 379 Å². The van der Waals surface area contributed by atoms with Gasteiger partial charge in [0.1, 0.15) is 0 Å². The van der Waals surface area contributed by atoms with Crippen molar-refractivity contribution < 1.29 is 24.5 Å². The summed E-state index contributed by atoms with van der Waals surface area (Å²) >= 11 is 0. The van der Waals surface area contributed by atoms with Crippen LogP contribution >= 0.6 is 0 Å². The second kappa shape index (κ2) is 50.7. The van der Waals surface area contributed by atoms with E-state index in [9.17, 15) is 19.8 Å². The molecule has 6 nitrogen and oxygen atoms in total. The molecule has 2 atom stereocenters. The molecule has 3 N–H and O–H groups in total. The minimum Gasteiger partial charge on any atom is -0.466 e. The van der Waals surface area contributed by atoms with Crippen molar-refractivity contribution in [2.45, 2.75) is 289 Å². The molecule has 358 valence electrons. The first-order chi connectivity index (χ1) is 30.0. The first kappa shape index (κ1) is 59.1. The number of hydrogen-bond donors (Lipinski definition) is 3. The average molecular weight is 858 g/mol. The first-order valence-corrected chi connectivity index (χ1v) is 26.8. The number of allylic oxidation sites excluding steroid dienone is 5. The van der Waals surface area contributed by atoms with Crippen LogP contribution in [0, 0.1) is 0 Å². The predicted octanol–water partition coefficient (Wildman–Crippen LogP) is 16.1. The number of aliphatic hydroxyl groups is 2. The Morgan fingerprint density at radius 2 is 0.852 bits per heavy atom. The minimum absolute atomic E-state index is 0.0425. The number of carbonyl (C=O) groups is 2. The van der Waals surface area contributed by atoms with Gasteiger partial charge in [0.25, 0.3) is 0 Å². The Bertz CT molecular complexity index is 993. The molecule has 0 fully saturated rings. The van der Waals surface area contributed by atoms with E-state index in [1.54, 1.807) is 6.08 Å². The summed E-state index contributed by atoms with van der Waals surface area (Å²) in [5.41, 5.74) is 0. The van der Waals surface area contributed by atoms with Crippen LogP contribution in [-0.4, -0.2) is 47.4 Å². The summed E-state index contributed by atoms with van der Waals surface area (Å²) in [5.74, 6) is -0.138. The molecule has 61 heavy (non-hydrogen) atoms. The zero-order chi connectivity index (χ0) is 44.4. The lowest BCUT2D eigenvalue weighted by molar-refractivity contribution is -0.143. The molecular weight excluding hydrogens is 755 g/mol. The third-order valence-electron chi connectivity index (χ3n) is 12.1. The number of aliphatic hydroxyl groups excluding tert-OH is 2. The van der Waals surface area contributed by atoms with Gasteiger partial charge < -0.3 is 20.3 Å². The summed E-state index contributed by atoms with van der Waals surface area (Å²) in [5, 5.41) is 23.1. The molecule has 0 bridgehead atoms. The van der Waals surface area contributed by atoms with Crippen LogP contribution in [0.4, 0.5) is 0 Å².